The Bertz CT molecular complexity index is 816. The number of anilines is 2. The lowest BCUT2D eigenvalue weighted by atomic mass is 9.90. The van der Waals surface area contributed by atoms with E-state index < -0.39 is 0 Å². The quantitative estimate of drug-likeness (QED) is 0.659. The molecule has 4 rings (SSSR count). The van der Waals surface area contributed by atoms with Crippen LogP contribution in [0, 0.1) is 0 Å². The van der Waals surface area contributed by atoms with Crippen molar-refractivity contribution in [3.8, 4) is 0 Å². The molecule has 0 saturated heterocycles. The Kier molecular flexibility index (Phi) is 4.69. The largest absolute Gasteiger partial charge is 0.382 e. The molecule has 0 aromatic heterocycles. The van der Waals surface area contributed by atoms with E-state index in [9.17, 15) is 4.79 Å². The fraction of sp³-hybridized carbons (Fsp3) is 0.174. The van der Waals surface area contributed by atoms with Crippen LogP contribution in [-0.4, -0.2) is 11.9 Å². The van der Waals surface area contributed by atoms with Crippen molar-refractivity contribution in [2.75, 3.05) is 10.6 Å². The van der Waals surface area contributed by atoms with E-state index in [-0.39, 0.29) is 11.8 Å². The molecule has 3 aromatic rings. The Balaban J connectivity index is 1.54. The lowest BCUT2D eigenvalue weighted by molar-refractivity contribution is -0.116. The Morgan fingerprint density at radius 3 is 1.73 bits per heavy atom. The molecule has 0 radical (unpaired) electrons. The SMILES string of the molecule is O=C(Nc1ccc(NC2CC2)cc1)C(c1ccccc1)c1ccccc1. The molecule has 3 aromatic carbocycles. The molecule has 1 amide bonds. The van der Waals surface area contributed by atoms with Gasteiger partial charge in [0.15, 0.2) is 0 Å². The lowest BCUT2D eigenvalue weighted by Gasteiger charge is -2.18. The summed E-state index contributed by atoms with van der Waals surface area (Å²) in [6.45, 7) is 0. The van der Waals surface area contributed by atoms with E-state index in [1.165, 1.54) is 12.8 Å². The van der Waals surface area contributed by atoms with Crippen molar-refractivity contribution in [1.29, 1.82) is 0 Å². The van der Waals surface area contributed by atoms with Crippen molar-refractivity contribution < 1.29 is 4.79 Å². The molecule has 3 nitrogen and oxygen atoms in total. The number of rotatable bonds is 6. The van der Waals surface area contributed by atoms with Gasteiger partial charge in [-0.15, -0.1) is 0 Å². The Hall–Kier alpha value is -3.07. The van der Waals surface area contributed by atoms with Crippen LogP contribution in [-0.2, 0) is 4.79 Å². The van der Waals surface area contributed by atoms with Gasteiger partial charge < -0.3 is 10.6 Å². The summed E-state index contributed by atoms with van der Waals surface area (Å²) in [6.07, 6.45) is 2.49. The summed E-state index contributed by atoms with van der Waals surface area (Å²) >= 11 is 0. The summed E-state index contributed by atoms with van der Waals surface area (Å²) in [5.41, 5.74) is 3.90. The molecule has 130 valence electrons. The van der Waals surface area contributed by atoms with Crippen LogP contribution in [0.1, 0.15) is 29.9 Å². The molecule has 1 saturated carbocycles. The van der Waals surface area contributed by atoms with Gasteiger partial charge in [0.05, 0.1) is 5.92 Å². The number of carbonyl (C=O) groups is 1. The minimum absolute atomic E-state index is 0.0229. The molecule has 0 aliphatic heterocycles. The molecular weight excluding hydrogens is 320 g/mol. The molecule has 1 aliphatic carbocycles. The summed E-state index contributed by atoms with van der Waals surface area (Å²) in [6, 6.07) is 28.4. The van der Waals surface area contributed by atoms with Gasteiger partial charge in [-0.05, 0) is 48.2 Å². The fourth-order valence-corrected chi connectivity index (χ4v) is 3.11. The smallest absolute Gasteiger partial charge is 0.236 e. The minimum atomic E-state index is -0.332. The molecular formula is C23H22N2O. The third-order valence-corrected chi connectivity index (χ3v) is 4.63. The predicted octanol–water partition coefficient (Wildman–Crippen LogP) is 5.03. The summed E-state index contributed by atoms with van der Waals surface area (Å²) < 4.78 is 0. The van der Waals surface area contributed by atoms with Crippen molar-refractivity contribution >= 4 is 17.3 Å². The summed E-state index contributed by atoms with van der Waals surface area (Å²) in [7, 11) is 0. The maximum absolute atomic E-state index is 13.1. The topological polar surface area (TPSA) is 41.1 Å². The highest BCUT2D eigenvalue weighted by atomic mass is 16.1. The third-order valence-electron chi connectivity index (χ3n) is 4.63. The Morgan fingerprint density at radius 1 is 0.731 bits per heavy atom. The first-order valence-corrected chi connectivity index (χ1v) is 9.07. The van der Waals surface area contributed by atoms with Crippen molar-refractivity contribution in [3.05, 3.63) is 96.1 Å². The second-order valence-corrected chi connectivity index (χ2v) is 6.74. The summed E-state index contributed by atoms with van der Waals surface area (Å²) in [5.74, 6) is -0.355. The zero-order chi connectivity index (χ0) is 17.8. The van der Waals surface area contributed by atoms with Crippen LogP contribution in [0.4, 0.5) is 11.4 Å². The number of benzene rings is 3. The number of nitrogens with one attached hydrogen (secondary N) is 2. The van der Waals surface area contributed by atoms with E-state index in [2.05, 4.69) is 10.6 Å². The molecule has 0 heterocycles. The summed E-state index contributed by atoms with van der Waals surface area (Å²) in [4.78, 5) is 13.1. The van der Waals surface area contributed by atoms with Gasteiger partial charge in [0, 0.05) is 17.4 Å². The van der Waals surface area contributed by atoms with Crippen LogP contribution in [0.15, 0.2) is 84.9 Å². The van der Waals surface area contributed by atoms with Crippen LogP contribution in [0.5, 0.6) is 0 Å². The number of carbonyl (C=O) groups excluding carboxylic acids is 1. The van der Waals surface area contributed by atoms with Gasteiger partial charge in [0.25, 0.3) is 0 Å². The lowest BCUT2D eigenvalue weighted by Crippen LogP contribution is -2.22. The van der Waals surface area contributed by atoms with Crippen molar-refractivity contribution in [2.45, 2.75) is 24.8 Å². The molecule has 1 aliphatic rings. The second kappa shape index (κ2) is 7.44. The molecule has 2 N–H and O–H groups in total. The molecule has 0 atom stereocenters. The third kappa shape index (κ3) is 3.94. The van der Waals surface area contributed by atoms with Crippen LogP contribution < -0.4 is 10.6 Å². The zero-order valence-corrected chi connectivity index (χ0v) is 14.6. The van der Waals surface area contributed by atoms with E-state index in [1.807, 2.05) is 84.9 Å². The van der Waals surface area contributed by atoms with Crippen LogP contribution >= 0.6 is 0 Å². The van der Waals surface area contributed by atoms with Crippen molar-refractivity contribution in [3.63, 3.8) is 0 Å². The zero-order valence-electron chi connectivity index (χ0n) is 14.6. The molecule has 0 bridgehead atoms. The summed E-state index contributed by atoms with van der Waals surface area (Å²) in [5, 5.41) is 6.53. The van der Waals surface area contributed by atoms with E-state index in [0.717, 1.165) is 22.5 Å². The molecule has 3 heteroatoms. The van der Waals surface area contributed by atoms with Gasteiger partial charge in [-0.2, -0.15) is 0 Å². The fourth-order valence-electron chi connectivity index (χ4n) is 3.11. The highest BCUT2D eigenvalue weighted by Gasteiger charge is 2.23. The molecule has 26 heavy (non-hydrogen) atoms. The van der Waals surface area contributed by atoms with Crippen LogP contribution in [0.2, 0.25) is 0 Å². The van der Waals surface area contributed by atoms with Gasteiger partial charge in [0.1, 0.15) is 0 Å². The standard InChI is InChI=1S/C23H22N2O/c26-23(25-21-15-13-20(14-16-21)24-19-11-12-19)22(17-7-3-1-4-8-17)18-9-5-2-6-10-18/h1-10,13-16,19,22,24H,11-12H2,(H,25,26). The van der Waals surface area contributed by atoms with Crippen LogP contribution in [0.3, 0.4) is 0 Å². The maximum Gasteiger partial charge on any atom is 0.236 e. The minimum Gasteiger partial charge on any atom is -0.382 e. The second-order valence-electron chi connectivity index (χ2n) is 6.74. The van der Waals surface area contributed by atoms with Crippen molar-refractivity contribution in [2.24, 2.45) is 0 Å². The van der Waals surface area contributed by atoms with Gasteiger partial charge in [-0.3, -0.25) is 4.79 Å². The van der Waals surface area contributed by atoms with Crippen molar-refractivity contribution in [1.82, 2.24) is 0 Å². The number of amides is 1. The number of hydrogen-bond donors (Lipinski definition) is 2. The first-order valence-electron chi connectivity index (χ1n) is 9.07. The van der Waals surface area contributed by atoms with Gasteiger partial charge in [-0.25, -0.2) is 0 Å². The normalized spacial score (nSPS) is 13.4. The van der Waals surface area contributed by atoms with Gasteiger partial charge >= 0.3 is 0 Å². The highest BCUT2D eigenvalue weighted by Crippen LogP contribution is 2.28. The Labute approximate surface area is 154 Å². The first-order chi connectivity index (χ1) is 12.8. The Morgan fingerprint density at radius 2 is 1.23 bits per heavy atom. The number of hydrogen-bond acceptors (Lipinski definition) is 2. The van der Waals surface area contributed by atoms with Gasteiger partial charge in [-0.1, -0.05) is 60.7 Å². The monoisotopic (exact) mass is 342 g/mol. The average Bonchev–Trinajstić information content (AvgIpc) is 3.49. The molecule has 0 spiro atoms. The van der Waals surface area contributed by atoms with E-state index in [4.69, 9.17) is 0 Å². The molecule has 0 unspecified atom stereocenters. The van der Waals surface area contributed by atoms with Crippen LogP contribution in [0.25, 0.3) is 0 Å². The van der Waals surface area contributed by atoms with Gasteiger partial charge in [0.2, 0.25) is 5.91 Å². The van der Waals surface area contributed by atoms with E-state index in [0.29, 0.717) is 6.04 Å². The first kappa shape index (κ1) is 16.4. The predicted molar refractivity (Wildman–Crippen MR) is 106 cm³/mol. The average molecular weight is 342 g/mol. The highest BCUT2D eigenvalue weighted by molar-refractivity contribution is 5.98. The molecule has 1 fully saturated rings. The van der Waals surface area contributed by atoms with E-state index in [1.54, 1.807) is 0 Å². The maximum atomic E-state index is 13.1. The van der Waals surface area contributed by atoms with E-state index >= 15 is 0 Å².